The molecule has 0 radical (unpaired) electrons. The Labute approximate surface area is 149 Å². The van der Waals surface area contributed by atoms with Gasteiger partial charge in [0.05, 0.1) is 13.7 Å². The lowest BCUT2D eigenvalue weighted by atomic mass is 10.3. The number of carbonyl (C=O) groups is 1. The van der Waals surface area contributed by atoms with Gasteiger partial charge in [0.1, 0.15) is 10.6 Å². The quantitative estimate of drug-likeness (QED) is 0.796. The van der Waals surface area contributed by atoms with Crippen molar-refractivity contribution in [2.24, 2.45) is 0 Å². The molecule has 2 aromatic carbocycles. The average molecular weight is 389 g/mol. The number of sulfonamides is 1. The molecular weight excluding hydrogens is 375 g/mol. The Morgan fingerprint density at radius 2 is 1.71 bits per heavy atom. The van der Waals surface area contributed by atoms with E-state index in [9.17, 15) is 13.2 Å². The van der Waals surface area contributed by atoms with Crippen molar-refractivity contribution < 1.29 is 17.9 Å². The fourth-order valence-corrected chi connectivity index (χ4v) is 3.38. The molecule has 128 valence electrons. The van der Waals surface area contributed by atoms with Crippen molar-refractivity contribution in [1.82, 2.24) is 4.72 Å². The summed E-state index contributed by atoms with van der Waals surface area (Å²) in [6.45, 7) is -0.444. The first-order chi connectivity index (χ1) is 11.3. The second-order valence-electron chi connectivity index (χ2n) is 4.67. The van der Waals surface area contributed by atoms with Gasteiger partial charge in [-0.2, -0.15) is 0 Å². The molecule has 2 N–H and O–H groups in total. The molecule has 0 saturated heterocycles. The predicted molar refractivity (Wildman–Crippen MR) is 93.3 cm³/mol. The first-order valence-electron chi connectivity index (χ1n) is 6.70. The zero-order valence-electron chi connectivity index (χ0n) is 12.5. The Balaban J connectivity index is 2.06. The minimum absolute atomic E-state index is 0.130. The molecule has 24 heavy (non-hydrogen) atoms. The number of ether oxygens (including phenoxy) is 1. The van der Waals surface area contributed by atoms with Crippen molar-refractivity contribution >= 4 is 44.8 Å². The van der Waals surface area contributed by atoms with E-state index in [1.165, 1.54) is 25.3 Å². The SMILES string of the molecule is COc1ccc(Cl)cc1S(=O)(=O)NCC(=O)Nc1ccc(Cl)cc1. The molecule has 0 saturated carbocycles. The van der Waals surface area contributed by atoms with Crippen molar-refractivity contribution in [2.75, 3.05) is 19.0 Å². The molecule has 9 heteroatoms. The highest BCUT2D eigenvalue weighted by Crippen LogP contribution is 2.26. The van der Waals surface area contributed by atoms with Gasteiger partial charge >= 0.3 is 0 Å². The lowest BCUT2D eigenvalue weighted by Gasteiger charge is -2.11. The molecule has 0 bridgehead atoms. The fourth-order valence-electron chi connectivity index (χ4n) is 1.84. The van der Waals surface area contributed by atoms with Gasteiger partial charge < -0.3 is 10.1 Å². The summed E-state index contributed by atoms with van der Waals surface area (Å²) in [5, 5.41) is 3.32. The molecule has 6 nitrogen and oxygen atoms in total. The third-order valence-electron chi connectivity index (χ3n) is 2.97. The van der Waals surface area contributed by atoms with E-state index < -0.39 is 22.5 Å². The molecule has 0 aromatic heterocycles. The van der Waals surface area contributed by atoms with Gasteiger partial charge in [-0.05, 0) is 42.5 Å². The number of benzene rings is 2. The van der Waals surface area contributed by atoms with E-state index in [2.05, 4.69) is 10.0 Å². The second-order valence-corrected chi connectivity index (χ2v) is 7.28. The van der Waals surface area contributed by atoms with Gasteiger partial charge in [-0.15, -0.1) is 0 Å². The van der Waals surface area contributed by atoms with Crippen LogP contribution in [0.25, 0.3) is 0 Å². The number of amides is 1. The second kappa shape index (κ2) is 7.85. The number of halogens is 2. The third-order valence-corrected chi connectivity index (χ3v) is 4.88. The molecule has 0 unspecified atom stereocenters. The van der Waals surface area contributed by atoms with E-state index in [0.29, 0.717) is 10.7 Å². The number of hydrogen-bond acceptors (Lipinski definition) is 4. The zero-order valence-corrected chi connectivity index (χ0v) is 14.9. The van der Waals surface area contributed by atoms with Crippen molar-refractivity contribution in [1.29, 1.82) is 0 Å². The normalized spacial score (nSPS) is 11.1. The highest BCUT2D eigenvalue weighted by atomic mass is 35.5. The number of methoxy groups -OCH3 is 1. The first kappa shape index (κ1) is 18.5. The summed E-state index contributed by atoms with van der Waals surface area (Å²) < 4.78 is 31.9. The van der Waals surface area contributed by atoms with Crippen molar-refractivity contribution in [3.05, 3.63) is 52.5 Å². The smallest absolute Gasteiger partial charge is 0.244 e. The summed E-state index contributed by atoms with van der Waals surface area (Å²) in [5.74, 6) is -0.396. The third kappa shape index (κ3) is 4.85. The van der Waals surface area contributed by atoms with Gasteiger partial charge in [-0.3, -0.25) is 4.79 Å². The minimum atomic E-state index is -3.96. The van der Waals surface area contributed by atoms with Gasteiger partial charge in [0.25, 0.3) is 0 Å². The summed E-state index contributed by atoms with van der Waals surface area (Å²) in [6, 6.07) is 10.6. The molecule has 0 aliphatic rings. The molecule has 1 amide bonds. The molecule has 2 rings (SSSR count). The van der Waals surface area contributed by atoms with Crippen LogP contribution in [0.15, 0.2) is 47.4 Å². The number of nitrogens with one attached hydrogen (secondary N) is 2. The first-order valence-corrected chi connectivity index (χ1v) is 8.94. The van der Waals surface area contributed by atoms with Crippen LogP contribution in [0.1, 0.15) is 0 Å². The van der Waals surface area contributed by atoms with Crippen LogP contribution in [0.2, 0.25) is 10.0 Å². The highest BCUT2D eigenvalue weighted by molar-refractivity contribution is 7.89. The maximum Gasteiger partial charge on any atom is 0.244 e. The maximum absolute atomic E-state index is 12.3. The zero-order chi connectivity index (χ0) is 17.7. The van der Waals surface area contributed by atoms with Crippen LogP contribution in [-0.4, -0.2) is 28.0 Å². The van der Waals surface area contributed by atoms with Gasteiger partial charge in [0.15, 0.2) is 0 Å². The largest absolute Gasteiger partial charge is 0.495 e. The standard InChI is InChI=1S/C15H14Cl2N2O4S/c1-23-13-7-4-11(17)8-14(13)24(21,22)18-9-15(20)19-12-5-2-10(16)3-6-12/h2-8,18H,9H2,1H3,(H,19,20). The summed E-state index contributed by atoms with van der Waals surface area (Å²) in [4.78, 5) is 11.7. The molecule has 0 fully saturated rings. The Kier molecular flexibility index (Phi) is 6.06. The minimum Gasteiger partial charge on any atom is -0.495 e. The number of carbonyl (C=O) groups excluding carboxylic acids is 1. The fraction of sp³-hybridized carbons (Fsp3) is 0.133. The van der Waals surface area contributed by atoms with Crippen molar-refractivity contribution in [2.45, 2.75) is 4.90 Å². The predicted octanol–water partition coefficient (Wildman–Crippen LogP) is 2.92. The van der Waals surface area contributed by atoms with Crippen LogP contribution in [0, 0.1) is 0 Å². The summed E-state index contributed by atoms with van der Waals surface area (Å²) in [5.41, 5.74) is 0.504. The molecule has 0 spiro atoms. The van der Waals surface area contributed by atoms with Gasteiger partial charge in [-0.25, -0.2) is 13.1 Å². The lowest BCUT2D eigenvalue weighted by Crippen LogP contribution is -2.33. The molecule has 0 aliphatic carbocycles. The molecule has 0 aliphatic heterocycles. The highest BCUT2D eigenvalue weighted by Gasteiger charge is 2.20. The Hall–Kier alpha value is -1.80. The molecule has 0 atom stereocenters. The molecular formula is C15H14Cl2N2O4S. The van der Waals surface area contributed by atoms with Crippen LogP contribution < -0.4 is 14.8 Å². The molecule has 0 heterocycles. The maximum atomic E-state index is 12.3. The van der Waals surface area contributed by atoms with E-state index in [1.54, 1.807) is 24.3 Å². The van der Waals surface area contributed by atoms with Gasteiger partial charge in [-0.1, -0.05) is 23.2 Å². The van der Waals surface area contributed by atoms with Gasteiger partial charge in [0.2, 0.25) is 15.9 Å². The topological polar surface area (TPSA) is 84.5 Å². The van der Waals surface area contributed by atoms with E-state index in [1.807, 2.05) is 0 Å². The van der Waals surface area contributed by atoms with Crippen LogP contribution in [0.5, 0.6) is 5.75 Å². The van der Waals surface area contributed by atoms with E-state index in [0.717, 1.165) is 0 Å². The van der Waals surface area contributed by atoms with Crippen LogP contribution in [0.3, 0.4) is 0 Å². The van der Waals surface area contributed by atoms with Crippen molar-refractivity contribution in [3.63, 3.8) is 0 Å². The van der Waals surface area contributed by atoms with Crippen LogP contribution in [0.4, 0.5) is 5.69 Å². The summed E-state index contributed by atoms with van der Waals surface area (Å²) in [6.07, 6.45) is 0. The van der Waals surface area contributed by atoms with Crippen LogP contribution >= 0.6 is 23.2 Å². The number of rotatable bonds is 6. The Bertz CT molecular complexity index is 839. The van der Waals surface area contributed by atoms with Crippen molar-refractivity contribution in [3.8, 4) is 5.75 Å². The van der Waals surface area contributed by atoms with E-state index >= 15 is 0 Å². The number of hydrogen-bond donors (Lipinski definition) is 2. The van der Waals surface area contributed by atoms with Gasteiger partial charge in [0, 0.05) is 15.7 Å². The monoisotopic (exact) mass is 388 g/mol. The lowest BCUT2D eigenvalue weighted by molar-refractivity contribution is -0.115. The molecule has 2 aromatic rings. The Morgan fingerprint density at radius 1 is 1.08 bits per heavy atom. The Morgan fingerprint density at radius 3 is 2.33 bits per heavy atom. The van der Waals surface area contributed by atoms with E-state index in [-0.39, 0.29) is 15.7 Å². The van der Waals surface area contributed by atoms with Crippen LogP contribution in [-0.2, 0) is 14.8 Å². The van der Waals surface area contributed by atoms with E-state index in [4.69, 9.17) is 27.9 Å². The average Bonchev–Trinajstić information content (AvgIpc) is 2.55. The summed E-state index contributed by atoms with van der Waals surface area (Å²) >= 11 is 11.6. The number of anilines is 1. The summed E-state index contributed by atoms with van der Waals surface area (Å²) in [7, 11) is -2.62.